The Hall–Kier alpha value is -5.71. The van der Waals surface area contributed by atoms with Crippen LogP contribution >= 0.6 is 11.3 Å². The first kappa shape index (κ1) is 24.7. The molecule has 3 nitrogen and oxygen atoms in total. The molecule has 10 rings (SSSR count). The summed E-state index contributed by atoms with van der Waals surface area (Å²) in [5, 5.41) is 7.50. The van der Waals surface area contributed by atoms with Gasteiger partial charge in [-0.1, -0.05) is 109 Å². The van der Waals surface area contributed by atoms with Gasteiger partial charge in [0.1, 0.15) is 5.82 Å². The molecule has 0 bridgehead atoms. The van der Waals surface area contributed by atoms with Crippen LogP contribution < -0.4 is 0 Å². The van der Waals surface area contributed by atoms with Crippen LogP contribution in [-0.4, -0.2) is 14.1 Å². The van der Waals surface area contributed by atoms with Gasteiger partial charge in [-0.2, -0.15) is 0 Å². The number of nitrogens with zero attached hydrogens (tertiary/aromatic N) is 3. The Labute approximate surface area is 262 Å². The van der Waals surface area contributed by atoms with Crippen LogP contribution in [0.3, 0.4) is 0 Å². The third-order valence-corrected chi connectivity index (χ3v) is 10.3. The van der Waals surface area contributed by atoms with Crippen LogP contribution in [0, 0.1) is 0 Å². The van der Waals surface area contributed by atoms with Crippen LogP contribution in [0.4, 0.5) is 0 Å². The van der Waals surface area contributed by atoms with E-state index in [1.807, 2.05) is 11.3 Å². The number of fused-ring (bicyclic) bond motifs is 10. The molecule has 0 N–H and O–H groups in total. The minimum Gasteiger partial charge on any atom is -0.307 e. The summed E-state index contributed by atoms with van der Waals surface area (Å²) in [5.74, 6) is 0.911. The molecule has 0 saturated carbocycles. The van der Waals surface area contributed by atoms with E-state index >= 15 is 0 Å². The molecule has 10 aromatic rings. The highest BCUT2D eigenvalue weighted by molar-refractivity contribution is 7.26. The van der Waals surface area contributed by atoms with Gasteiger partial charge in [0.25, 0.3) is 0 Å². The Balaban J connectivity index is 1.33. The monoisotopic (exact) mass is 591 g/mol. The van der Waals surface area contributed by atoms with Crippen LogP contribution in [0.1, 0.15) is 0 Å². The van der Waals surface area contributed by atoms with Crippen molar-refractivity contribution in [1.29, 1.82) is 0 Å². The van der Waals surface area contributed by atoms with Crippen molar-refractivity contribution in [2.45, 2.75) is 0 Å². The molecule has 0 aliphatic rings. The van der Waals surface area contributed by atoms with Crippen molar-refractivity contribution >= 4 is 75.1 Å². The van der Waals surface area contributed by atoms with E-state index in [0.29, 0.717) is 0 Å². The summed E-state index contributed by atoms with van der Waals surface area (Å²) < 4.78 is 7.37. The summed E-state index contributed by atoms with van der Waals surface area (Å²) >= 11 is 1.85. The summed E-state index contributed by atoms with van der Waals surface area (Å²) in [6, 6.07) is 54.5. The van der Waals surface area contributed by atoms with Crippen molar-refractivity contribution in [2.75, 3.05) is 0 Å². The topological polar surface area (TPSA) is 22.8 Å². The van der Waals surface area contributed by atoms with Gasteiger partial charge in [-0.3, -0.25) is 4.57 Å². The molecule has 4 heteroatoms. The van der Waals surface area contributed by atoms with Gasteiger partial charge in [0, 0.05) is 53.0 Å². The molecule has 210 valence electrons. The molecule has 4 heterocycles. The molecular weight excluding hydrogens is 567 g/mol. The minimum atomic E-state index is 0.911. The number of rotatable bonds is 3. The lowest BCUT2D eigenvalue weighted by molar-refractivity contribution is 1.08. The Morgan fingerprint density at radius 2 is 1.02 bits per heavy atom. The SMILES string of the molecule is c1ccc(-n2c3ccccc3c3ccc4c5ccccc5n(-c5cccc(-c6cccc7c6sc6ccccc67)n5)c4c32)cc1. The summed E-state index contributed by atoms with van der Waals surface area (Å²) in [4.78, 5) is 5.43. The zero-order valence-electron chi connectivity index (χ0n) is 24.2. The van der Waals surface area contributed by atoms with Crippen LogP contribution in [0.15, 0.2) is 152 Å². The van der Waals surface area contributed by atoms with E-state index in [1.165, 1.54) is 63.8 Å². The zero-order chi connectivity index (χ0) is 29.5. The van der Waals surface area contributed by atoms with Crippen molar-refractivity contribution in [2.24, 2.45) is 0 Å². The molecule has 0 aliphatic heterocycles. The molecule has 0 unspecified atom stereocenters. The van der Waals surface area contributed by atoms with Gasteiger partial charge in [0.2, 0.25) is 0 Å². The molecular formula is C41H25N3S. The maximum Gasteiger partial charge on any atom is 0.138 e. The van der Waals surface area contributed by atoms with E-state index < -0.39 is 0 Å². The van der Waals surface area contributed by atoms with Gasteiger partial charge in [0.05, 0.1) is 27.8 Å². The van der Waals surface area contributed by atoms with Gasteiger partial charge < -0.3 is 4.57 Å². The summed E-state index contributed by atoms with van der Waals surface area (Å²) in [7, 11) is 0. The standard InChI is InChI=1S/C41H25N3S/c1-2-12-26(13-3-1)43-35-20-7-4-14-27(35)30-24-25-31-28-15-5-8-21-36(28)44(40(31)39(30)43)38-23-11-19-34(42-38)33-18-10-17-32-29-16-6-9-22-37(29)45-41(32)33/h1-25H. The first-order valence-corrected chi connectivity index (χ1v) is 16.1. The van der Waals surface area contributed by atoms with Crippen molar-refractivity contribution in [3.63, 3.8) is 0 Å². The molecule has 0 fully saturated rings. The normalized spacial score (nSPS) is 12.0. The molecule has 6 aromatic carbocycles. The summed E-state index contributed by atoms with van der Waals surface area (Å²) in [6.45, 7) is 0. The lowest BCUT2D eigenvalue weighted by Gasteiger charge is -2.13. The molecule has 0 radical (unpaired) electrons. The van der Waals surface area contributed by atoms with Crippen molar-refractivity contribution < 1.29 is 0 Å². The fourth-order valence-electron chi connectivity index (χ4n) is 7.23. The van der Waals surface area contributed by atoms with E-state index in [9.17, 15) is 0 Å². The first-order valence-electron chi connectivity index (χ1n) is 15.2. The lowest BCUT2D eigenvalue weighted by atomic mass is 10.1. The first-order chi connectivity index (χ1) is 22.3. The average Bonchev–Trinajstić information content (AvgIpc) is 3.76. The van der Waals surface area contributed by atoms with Crippen molar-refractivity contribution in [3.05, 3.63) is 152 Å². The number of hydrogen-bond donors (Lipinski definition) is 0. The molecule has 0 atom stereocenters. The van der Waals surface area contributed by atoms with E-state index in [2.05, 4.69) is 161 Å². The molecule has 0 aliphatic carbocycles. The van der Waals surface area contributed by atoms with Crippen LogP contribution in [0.5, 0.6) is 0 Å². The number of aromatic nitrogens is 3. The van der Waals surface area contributed by atoms with Gasteiger partial charge >= 0.3 is 0 Å². The van der Waals surface area contributed by atoms with E-state index in [1.54, 1.807) is 0 Å². The van der Waals surface area contributed by atoms with Crippen LogP contribution in [0.25, 0.3) is 86.5 Å². The zero-order valence-corrected chi connectivity index (χ0v) is 25.0. The van der Waals surface area contributed by atoms with Crippen LogP contribution in [0.2, 0.25) is 0 Å². The highest BCUT2D eigenvalue weighted by Gasteiger charge is 2.22. The van der Waals surface area contributed by atoms with Crippen molar-refractivity contribution in [1.82, 2.24) is 14.1 Å². The van der Waals surface area contributed by atoms with Gasteiger partial charge in [-0.05, 0) is 42.5 Å². The van der Waals surface area contributed by atoms with E-state index in [4.69, 9.17) is 4.98 Å². The third kappa shape index (κ3) is 3.48. The highest BCUT2D eigenvalue weighted by Crippen LogP contribution is 2.43. The smallest absolute Gasteiger partial charge is 0.138 e. The van der Waals surface area contributed by atoms with Gasteiger partial charge in [-0.15, -0.1) is 11.3 Å². The molecule has 4 aromatic heterocycles. The summed E-state index contributed by atoms with van der Waals surface area (Å²) in [5.41, 5.74) is 7.99. The number of para-hydroxylation sites is 3. The number of thiophene rings is 1. The molecule has 45 heavy (non-hydrogen) atoms. The minimum absolute atomic E-state index is 0.911. The molecule has 0 spiro atoms. The highest BCUT2D eigenvalue weighted by atomic mass is 32.1. The maximum absolute atomic E-state index is 5.43. The fourth-order valence-corrected chi connectivity index (χ4v) is 8.46. The molecule has 0 saturated heterocycles. The predicted molar refractivity (Wildman–Crippen MR) is 191 cm³/mol. The Kier molecular flexibility index (Phi) is 5.16. The Morgan fingerprint density at radius 1 is 0.422 bits per heavy atom. The van der Waals surface area contributed by atoms with E-state index in [-0.39, 0.29) is 0 Å². The maximum atomic E-state index is 5.43. The van der Waals surface area contributed by atoms with Gasteiger partial charge in [0.15, 0.2) is 0 Å². The second-order valence-electron chi connectivity index (χ2n) is 11.6. The number of hydrogen-bond acceptors (Lipinski definition) is 2. The summed E-state index contributed by atoms with van der Waals surface area (Å²) in [6.07, 6.45) is 0. The fraction of sp³-hybridized carbons (Fsp3) is 0. The Morgan fingerprint density at radius 3 is 1.80 bits per heavy atom. The van der Waals surface area contributed by atoms with E-state index in [0.717, 1.165) is 22.7 Å². The van der Waals surface area contributed by atoms with Gasteiger partial charge in [-0.25, -0.2) is 4.98 Å². The number of benzene rings is 6. The second kappa shape index (κ2) is 9.39. The Bertz CT molecular complexity index is 2760. The number of pyridine rings is 1. The van der Waals surface area contributed by atoms with Crippen LogP contribution in [-0.2, 0) is 0 Å². The second-order valence-corrected chi connectivity index (χ2v) is 12.6. The predicted octanol–water partition coefficient (Wildman–Crippen LogP) is 11.3. The quantitative estimate of drug-likeness (QED) is 0.200. The average molecular weight is 592 g/mol. The third-order valence-electron chi connectivity index (χ3n) is 9.13. The molecule has 0 amide bonds. The lowest BCUT2D eigenvalue weighted by Crippen LogP contribution is -2.01. The van der Waals surface area contributed by atoms with Crippen molar-refractivity contribution in [3.8, 4) is 22.8 Å². The largest absolute Gasteiger partial charge is 0.307 e.